The lowest BCUT2D eigenvalue weighted by Gasteiger charge is -2.12. The van der Waals surface area contributed by atoms with Crippen LogP contribution in [0.2, 0.25) is 0 Å². The number of rotatable bonds is 6. The van der Waals surface area contributed by atoms with Gasteiger partial charge < -0.3 is 15.8 Å². The Morgan fingerprint density at radius 3 is 2.32 bits per heavy atom. The van der Waals surface area contributed by atoms with Crippen molar-refractivity contribution in [1.82, 2.24) is 5.32 Å². The van der Waals surface area contributed by atoms with Crippen LogP contribution in [0.4, 0.5) is 0 Å². The lowest BCUT2D eigenvalue weighted by atomic mass is 10.0. The van der Waals surface area contributed by atoms with Gasteiger partial charge in [-0.3, -0.25) is 4.79 Å². The standard InChI is InChI=1S/C14H22N2O2.ClH/c1-10(2)12-4-6-13(7-5-12)18-9-14(17)16-11(3)8-15;/h4-7,10-11H,8-9,15H2,1-3H3,(H,16,17);1H/t11-;/m0./s1. The number of nitrogens with one attached hydrogen (secondary N) is 1. The summed E-state index contributed by atoms with van der Waals surface area (Å²) in [4.78, 5) is 11.5. The average molecular weight is 287 g/mol. The second-order valence-corrected chi connectivity index (χ2v) is 4.72. The number of carbonyl (C=O) groups is 1. The lowest BCUT2D eigenvalue weighted by Crippen LogP contribution is -2.40. The summed E-state index contributed by atoms with van der Waals surface area (Å²) in [6.45, 7) is 6.57. The monoisotopic (exact) mass is 286 g/mol. The zero-order chi connectivity index (χ0) is 13.5. The zero-order valence-electron chi connectivity index (χ0n) is 11.7. The number of hydrogen-bond donors (Lipinski definition) is 2. The van der Waals surface area contributed by atoms with E-state index in [1.807, 2.05) is 31.2 Å². The molecule has 1 atom stereocenters. The first kappa shape index (κ1) is 17.7. The molecule has 0 saturated heterocycles. The van der Waals surface area contributed by atoms with E-state index in [0.717, 1.165) is 0 Å². The summed E-state index contributed by atoms with van der Waals surface area (Å²) in [5.41, 5.74) is 6.67. The minimum absolute atomic E-state index is 0. The van der Waals surface area contributed by atoms with Gasteiger partial charge in [-0.25, -0.2) is 0 Å². The molecule has 4 nitrogen and oxygen atoms in total. The number of amides is 1. The van der Waals surface area contributed by atoms with Crippen LogP contribution in [0, 0.1) is 0 Å². The molecule has 0 saturated carbocycles. The highest BCUT2D eigenvalue weighted by Gasteiger charge is 2.06. The number of benzene rings is 1. The van der Waals surface area contributed by atoms with Crippen molar-refractivity contribution < 1.29 is 9.53 Å². The van der Waals surface area contributed by atoms with E-state index in [9.17, 15) is 4.79 Å². The van der Waals surface area contributed by atoms with E-state index in [1.165, 1.54) is 5.56 Å². The Hall–Kier alpha value is -1.26. The number of nitrogens with two attached hydrogens (primary N) is 1. The van der Waals surface area contributed by atoms with Gasteiger partial charge in [0.1, 0.15) is 5.75 Å². The van der Waals surface area contributed by atoms with Crippen molar-refractivity contribution in [2.45, 2.75) is 32.7 Å². The molecule has 0 aliphatic carbocycles. The van der Waals surface area contributed by atoms with Crippen LogP contribution in [0.3, 0.4) is 0 Å². The van der Waals surface area contributed by atoms with E-state index in [1.54, 1.807) is 0 Å². The largest absolute Gasteiger partial charge is 0.484 e. The van der Waals surface area contributed by atoms with Gasteiger partial charge in [-0.05, 0) is 30.5 Å². The molecule has 1 amide bonds. The average Bonchev–Trinajstić information content (AvgIpc) is 2.36. The lowest BCUT2D eigenvalue weighted by molar-refractivity contribution is -0.123. The van der Waals surface area contributed by atoms with Gasteiger partial charge in [0.2, 0.25) is 0 Å². The van der Waals surface area contributed by atoms with Crippen LogP contribution in [-0.2, 0) is 4.79 Å². The van der Waals surface area contributed by atoms with Gasteiger partial charge in [-0.2, -0.15) is 0 Å². The fraction of sp³-hybridized carbons (Fsp3) is 0.500. The van der Waals surface area contributed by atoms with E-state index in [-0.39, 0.29) is 31.0 Å². The number of ether oxygens (including phenoxy) is 1. The molecule has 5 heteroatoms. The van der Waals surface area contributed by atoms with Crippen molar-refractivity contribution in [1.29, 1.82) is 0 Å². The maximum Gasteiger partial charge on any atom is 0.258 e. The van der Waals surface area contributed by atoms with Crippen molar-refractivity contribution >= 4 is 18.3 Å². The van der Waals surface area contributed by atoms with E-state index >= 15 is 0 Å². The first-order valence-electron chi connectivity index (χ1n) is 6.25. The molecule has 108 valence electrons. The second-order valence-electron chi connectivity index (χ2n) is 4.72. The van der Waals surface area contributed by atoms with Gasteiger partial charge in [0.15, 0.2) is 6.61 Å². The Balaban J connectivity index is 0.00000324. The highest BCUT2D eigenvalue weighted by atomic mass is 35.5. The molecule has 1 aromatic rings. The molecule has 0 aliphatic rings. The van der Waals surface area contributed by atoms with Gasteiger partial charge in [0.25, 0.3) is 5.91 Å². The van der Waals surface area contributed by atoms with E-state index < -0.39 is 0 Å². The Morgan fingerprint density at radius 2 is 1.84 bits per heavy atom. The summed E-state index contributed by atoms with van der Waals surface area (Å²) in [5, 5.41) is 2.74. The molecule has 0 aromatic heterocycles. The van der Waals surface area contributed by atoms with Crippen molar-refractivity contribution in [3.63, 3.8) is 0 Å². The zero-order valence-corrected chi connectivity index (χ0v) is 12.5. The summed E-state index contributed by atoms with van der Waals surface area (Å²) >= 11 is 0. The Kier molecular flexibility index (Phi) is 8.19. The third-order valence-electron chi connectivity index (χ3n) is 2.68. The number of carbonyl (C=O) groups excluding carboxylic acids is 1. The summed E-state index contributed by atoms with van der Waals surface area (Å²) in [6.07, 6.45) is 0. The van der Waals surface area contributed by atoms with Gasteiger partial charge >= 0.3 is 0 Å². The molecule has 0 radical (unpaired) electrons. The highest BCUT2D eigenvalue weighted by molar-refractivity contribution is 5.85. The topological polar surface area (TPSA) is 64.3 Å². The predicted molar refractivity (Wildman–Crippen MR) is 79.9 cm³/mol. The fourth-order valence-electron chi connectivity index (χ4n) is 1.47. The SMILES string of the molecule is CC(C)c1ccc(OCC(=O)N[C@@H](C)CN)cc1.Cl. The highest BCUT2D eigenvalue weighted by Crippen LogP contribution is 2.18. The van der Waals surface area contributed by atoms with Gasteiger partial charge in [0.05, 0.1) is 0 Å². The van der Waals surface area contributed by atoms with E-state index in [4.69, 9.17) is 10.5 Å². The van der Waals surface area contributed by atoms with Crippen LogP contribution in [0.15, 0.2) is 24.3 Å². The Bertz CT molecular complexity index is 380. The maximum atomic E-state index is 11.5. The molecule has 0 aliphatic heterocycles. The summed E-state index contributed by atoms with van der Waals surface area (Å²) in [7, 11) is 0. The first-order valence-corrected chi connectivity index (χ1v) is 6.25. The van der Waals surface area contributed by atoms with Crippen LogP contribution in [0.5, 0.6) is 5.75 Å². The molecular formula is C14H23ClN2O2. The molecule has 0 spiro atoms. The number of hydrogen-bond acceptors (Lipinski definition) is 3. The normalized spacial score (nSPS) is 11.6. The molecule has 0 bridgehead atoms. The van der Waals surface area contributed by atoms with E-state index in [2.05, 4.69) is 19.2 Å². The molecule has 1 aromatic carbocycles. The van der Waals surface area contributed by atoms with Crippen LogP contribution < -0.4 is 15.8 Å². The van der Waals surface area contributed by atoms with Gasteiger partial charge in [0, 0.05) is 12.6 Å². The quantitative estimate of drug-likeness (QED) is 0.841. The van der Waals surface area contributed by atoms with Crippen molar-refractivity contribution in [3.8, 4) is 5.75 Å². The Morgan fingerprint density at radius 1 is 1.26 bits per heavy atom. The van der Waals surface area contributed by atoms with Crippen molar-refractivity contribution in [2.24, 2.45) is 5.73 Å². The fourth-order valence-corrected chi connectivity index (χ4v) is 1.47. The molecule has 0 fully saturated rings. The van der Waals surface area contributed by atoms with Crippen LogP contribution in [0.25, 0.3) is 0 Å². The first-order chi connectivity index (χ1) is 8.52. The van der Waals surface area contributed by atoms with Crippen LogP contribution >= 0.6 is 12.4 Å². The predicted octanol–water partition coefficient (Wildman–Crippen LogP) is 2.07. The van der Waals surface area contributed by atoms with Gasteiger partial charge in [-0.15, -0.1) is 12.4 Å². The molecule has 1 rings (SSSR count). The molecule has 3 N–H and O–H groups in total. The molecular weight excluding hydrogens is 264 g/mol. The van der Waals surface area contributed by atoms with Crippen molar-refractivity contribution in [3.05, 3.63) is 29.8 Å². The summed E-state index contributed by atoms with van der Waals surface area (Å²) in [5.74, 6) is 1.04. The summed E-state index contributed by atoms with van der Waals surface area (Å²) < 4.78 is 5.40. The molecule has 0 heterocycles. The van der Waals surface area contributed by atoms with Crippen LogP contribution in [-0.4, -0.2) is 25.1 Å². The maximum absolute atomic E-state index is 11.5. The third kappa shape index (κ3) is 6.45. The minimum atomic E-state index is -0.152. The molecule has 19 heavy (non-hydrogen) atoms. The minimum Gasteiger partial charge on any atom is -0.484 e. The molecule has 0 unspecified atom stereocenters. The second kappa shape index (κ2) is 8.77. The van der Waals surface area contributed by atoms with E-state index in [0.29, 0.717) is 18.2 Å². The number of halogens is 1. The third-order valence-corrected chi connectivity index (χ3v) is 2.68. The Labute approximate surface area is 121 Å². The van der Waals surface area contributed by atoms with Gasteiger partial charge in [-0.1, -0.05) is 26.0 Å². The van der Waals surface area contributed by atoms with Crippen molar-refractivity contribution in [2.75, 3.05) is 13.2 Å². The summed E-state index contributed by atoms with van der Waals surface area (Å²) in [6, 6.07) is 7.77. The smallest absolute Gasteiger partial charge is 0.258 e. The van der Waals surface area contributed by atoms with Crippen LogP contribution in [0.1, 0.15) is 32.3 Å².